The van der Waals surface area contributed by atoms with E-state index in [0.29, 0.717) is 18.5 Å². The lowest BCUT2D eigenvalue weighted by atomic mass is 9.75. The fraction of sp³-hybridized carbons (Fsp3) is 0.732. The number of esters is 1. The van der Waals surface area contributed by atoms with Crippen LogP contribution in [0.4, 0.5) is 13.2 Å². The van der Waals surface area contributed by atoms with Crippen molar-refractivity contribution in [2.45, 2.75) is 209 Å². The van der Waals surface area contributed by atoms with Crippen molar-refractivity contribution in [3.63, 3.8) is 0 Å². The minimum Gasteiger partial charge on any atom is -0.497 e. The van der Waals surface area contributed by atoms with Gasteiger partial charge in [-0.25, -0.2) is 18.1 Å². The number of likely N-dealkylation sites (N-methyl/N-ethyl adjacent to an activating group) is 1. The van der Waals surface area contributed by atoms with Gasteiger partial charge in [0, 0.05) is 45.3 Å². The molecule has 458 valence electrons. The summed E-state index contributed by atoms with van der Waals surface area (Å²) in [5, 5.41) is 59.7. The molecule has 3 fully saturated rings. The lowest BCUT2D eigenvalue weighted by molar-refractivity contribution is -0.335. The molecule has 81 heavy (non-hydrogen) atoms. The van der Waals surface area contributed by atoms with Crippen molar-refractivity contribution in [1.82, 2.24) is 29.7 Å². The van der Waals surface area contributed by atoms with Crippen molar-refractivity contribution in [3.05, 3.63) is 60.6 Å². The topological polar surface area (TPSA) is 264 Å². The van der Waals surface area contributed by atoms with E-state index in [1.165, 1.54) is 28.2 Å². The molecule has 2 aromatic heterocycles. The third kappa shape index (κ3) is 14.7. The summed E-state index contributed by atoms with van der Waals surface area (Å²) in [4.78, 5) is 18.4. The summed E-state index contributed by atoms with van der Waals surface area (Å²) in [6.07, 6.45) is -11.7. The minimum atomic E-state index is -4.65. The number of sulfonamides is 1. The maximum absolute atomic E-state index is 14.8. The molecule has 25 heteroatoms. The molecule has 18 atom stereocenters. The molecule has 0 bridgehead atoms. The Balaban J connectivity index is 1.46. The molecule has 5 heterocycles. The van der Waals surface area contributed by atoms with Crippen LogP contribution >= 0.6 is 0 Å². The summed E-state index contributed by atoms with van der Waals surface area (Å²) in [5.41, 5.74) is -7.61. The number of alkyl halides is 3. The number of nitrogens with one attached hydrogen (secondary N) is 2. The Bertz CT molecular complexity index is 2620. The largest absolute Gasteiger partial charge is 0.497 e. The number of pyridine rings is 1. The van der Waals surface area contributed by atoms with Gasteiger partial charge in [0.25, 0.3) is 0 Å². The molecule has 3 aliphatic heterocycles. The van der Waals surface area contributed by atoms with E-state index in [4.69, 9.17) is 37.9 Å². The van der Waals surface area contributed by atoms with Gasteiger partial charge >= 0.3 is 12.1 Å². The molecule has 1 unspecified atom stereocenters. The number of hydrogen-bond acceptors (Lipinski definition) is 19. The Kier molecular flexibility index (Phi) is 21.6. The monoisotopic (exact) mass is 1170 g/mol. The summed E-state index contributed by atoms with van der Waals surface area (Å²) in [6.45, 7) is 19.7. The van der Waals surface area contributed by atoms with E-state index < -0.39 is 129 Å². The van der Waals surface area contributed by atoms with Crippen molar-refractivity contribution in [1.29, 1.82) is 0 Å². The van der Waals surface area contributed by atoms with E-state index in [0.717, 1.165) is 39.9 Å². The fourth-order valence-corrected chi connectivity index (χ4v) is 12.9. The first-order chi connectivity index (χ1) is 37.8. The molecule has 0 saturated carbocycles. The first kappa shape index (κ1) is 66.1. The highest BCUT2D eigenvalue weighted by Crippen LogP contribution is 2.44. The second kappa shape index (κ2) is 26.4. The van der Waals surface area contributed by atoms with Crippen LogP contribution in [0.15, 0.2) is 59.9 Å². The Labute approximate surface area is 474 Å². The van der Waals surface area contributed by atoms with Crippen molar-refractivity contribution >= 4 is 16.0 Å². The number of carbonyl (C=O) groups is 1. The number of aliphatic hydroxyl groups excluding tert-OH is 1. The fourth-order valence-electron chi connectivity index (χ4n) is 11.6. The van der Waals surface area contributed by atoms with Crippen LogP contribution in [0.1, 0.15) is 114 Å². The SMILES string of the molecule is CCCNC[C@]1(O)[C@H](C)OC(O[C@H]2[C@H](C)[C@@H](O[C@@H]3O[C@H](C)C[C@H](N(C)S(=O)(=O)c4cnn(-c5ccc(C(F)(F)F)cn5)c4)[C@H]3Oc3ccc(OC)cc3)[C@](C)(O)C[C@@H](C)CN[C@H](C)[C@@H](O)[C@](C)(O)[C@@H](CC)OC(=O)[C@@H]2C)C[C@@]1(C)OC. The number of rotatable bonds is 17. The van der Waals surface area contributed by atoms with Gasteiger partial charge in [0.1, 0.15) is 45.4 Å². The van der Waals surface area contributed by atoms with Crippen molar-refractivity contribution < 1.29 is 84.7 Å². The molecule has 0 radical (unpaired) electrons. The number of carbonyl (C=O) groups excluding carboxylic acids is 1. The highest BCUT2D eigenvalue weighted by Gasteiger charge is 2.59. The second-order valence-electron chi connectivity index (χ2n) is 23.0. The third-order valence-corrected chi connectivity index (χ3v) is 18.5. The zero-order chi connectivity index (χ0) is 60.2. The number of ether oxygens (including phenoxy) is 8. The number of methoxy groups -OCH3 is 2. The average Bonchev–Trinajstić information content (AvgIpc) is 3.96. The summed E-state index contributed by atoms with van der Waals surface area (Å²) in [6, 6.07) is 6.59. The normalized spacial score (nSPS) is 37.0. The minimum absolute atomic E-state index is 0.0234. The van der Waals surface area contributed by atoms with E-state index >= 15 is 0 Å². The summed E-state index contributed by atoms with van der Waals surface area (Å²) >= 11 is 0. The van der Waals surface area contributed by atoms with Crippen LogP contribution in [0, 0.1) is 17.8 Å². The van der Waals surface area contributed by atoms with Crippen molar-refractivity contribution in [3.8, 4) is 17.3 Å². The van der Waals surface area contributed by atoms with Gasteiger partial charge < -0.3 is 69.0 Å². The van der Waals surface area contributed by atoms with E-state index in [-0.39, 0.29) is 61.2 Å². The van der Waals surface area contributed by atoms with E-state index in [2.05, 4.69) is 20.7 Å². The van der Waals surface area contributed by atoms with Crippen LogP contribution in [0.3, 0.4) is 0 Å². The van der Waals surface area contributed by atoms with Crippen LogP contribution in [0.2, 0.25) is 0 Å². The second-order valence-corrected chi connectivity index (χ2v) is 25.0. The smallest absolute Gasteiger partial charge is 0.417 e. The lowest BCUT2D eigenvalue weighted by Crippen LogP contribution is -2.70. The van der Waals surface area contributed by atoms with Gasteiger partial charge in [-0.05, 0) is 130 Å². The van der Waals surface area contributed by atoms with Gasteiger partial charge in [0.05, 0.1) is 67.0 Å². The zero-order valence-electron chi connectivity index (χ0n) is 49.0. The lowest BCUT2D eigenvalue weighted by Gasteiger charge is -2.53. The van der Waals surface area contributed by atoms with Crippen LogP contribution in [-0.2, 0) is 49.4 Å². The molecule has 0 aliphatic carbocycles. The predicted molar refractivity (Wildman–Crippen MR) is 291 cm³/mol. The summed E-state index contributed by atoms with van der Waals surface area (Å²) < 4.78 is 124. The van der Waals surface area contributed by atoms with Crippen LogP contribution in [0.25, 0.3) is 5.82 Å². The van der Waals surface area contributed by atoms with E-state index in [9.17, 15) is 46.8 Å². The van der Waals surface area contributed by atoms with Crippen LogP contribution < -0.4 is 20.1 Å². The van der Waals surface area contributed by atoms with Gasteiger partial charge in [0.2, 0.25) is 10.0 Å². The Morgan fingerprint density at radius 2 is 1.59 bits per heavy atom. The average molecular weight is 1170 g/mol. The number of hydrogen-bond donors (Lipinski definition) is 6. The Morgan fingerprint density at radius 1 is 0.926 bits per heavy atom. The molecule has 3 aromatic rings. The molecular weight excluding hydrogens is 1090 g/mol. The van der Waals surface area contributed by atoms with Gasteiger partial charge in [-0.1, -0.05) is 27.7 Å². The highest BCUT2D eigenvalue weighted by molar-refractivity contribution is 7.89. The predicted octanol–water partition coefficient (Wildman–Crippen LogP) is 5.38. The molecular formula is C56H87F3N6O15S. The van der Waals surface area contributed by atoms with E-state index in [1.807, 2.05) is 13.8 Å². The maximum atomic E-state index is 14.8. The van der Waals surface area contributed by atoms with Crippen LogP contribution in [0.5, 0.6) is 11.5 Å². The van der Waals surface area contributed by atoms with Gasteiger partial charge in [0.15, 0.2) is 24.5 Å². The summed E-state index contributed by atoms with van der Waals surface area (Å²) in [7, 11) is -0.197. The Morgan fingerprint density at radius 3 is 2.19 bits per heavy atom. The van der Waals surface area contributed by atoms with Gasteiger partial charge in [-0.15, -0.1) is 0 Å². The highest BCUT2D eigenvalue weighted by atomic mass is 32.2. The molecule has 6 rings (SSSR count). The number of nitrogens with zero attached hydrogens (tertiary/aromatic N) is 4. The first-order valence-corrected chi connectivity index (χ1v) is 29.3. The summed E-state index contributed by atoms with van der Waals surface area (Å²) in [5.74, 6) is -2.73. The molecule has 3 aliphatic rings. The zero-order valence-corrected chi connectivity index (χ0v) is 49.9. The number of cyclic esters (lactones) is 1. The molecule has 6 N–H and O–H groups in total. The molecule has 0 amide bonds. The molecule has 3 saturated heterocycles. The standard InChI is InChI=1S/C56H87F3N6O15S/c1-15-23-60-31-55(70)37(8)76-45(26-53(55,10)74-14)79-46-34(5)49(52(9,68)25-32(3)27-61-36(7)48(66)54(11,69)43(16-2)78-50(67)35(46)6)80-51-47(77-40-20-18-39(73-13)19-21-40)42(24-33(4)75-51)64(12)81(71,72)41-29-63-65(30-41)44-22-17-38(28-62-44)56(57,58)59/h17-22,28-30,32-37,42-43,45-49,51,60-61,66,68-70H,15-16,23-27,31H2,1-14H3/t32-,33-,34+,35-,36-,37+,42+,43-,45?,46+,47-,48-,49-,51+,52-,53-,54-,55+/m1/s1. The number of aliphatic hydroxyl groups is 4. The molecule has 21 nitrogen and oxygen atoms in total. The van der Waals surface area contributed by atoms with Crippen molar-refractivity contribution in [2.75, 3.05) is 40.9 Å². The quantitative estimate of drug-likeness (QED) is 0.0732. The maximum Gasteiger partial charge on any atom is 0.417 e. The van der Waals surface area contributed by atoms with Gasteiger partial charge in [-0.3, -0.25) is 4.79 Å². The first-order valence-electron chi connectivity index (χ1n) is 27.8. The third-order valence-electron chi connectivity index (χ3n) is 16.7. The number of benzene rings is 1. The van der Waals surface area contributed by atoms with E-state index in [1.54, 1.807) is 79.7 Å². The number of halogens is 3. The van der Waals surface area contributed by atoms with Crippen LogP contribution in [-0.4, -0.2) is 185 Å². The van der Waals surface area contributed by atoms with Gasteiger partial charge in [-0.2, -0.15) is 22.6 Å². The van der Waals surface area contributed by atoms with Crippen molar-refractivity contribution in [2.24, 2.45) is 17.8 Å². The molecule has 1 aromatic carbocycles. The molecule has 0 spiro atoms. The Hall–Kier alpha value is -4.09. The number of aromatic nitrogens is 3.